The third-order valence-corrected chi connectivity index (χ3v) is 12.1. The van der Waals surface area contributed by atoms with Gasteiger partial charge in [-0.05, 0) is 52.1 Å². The first kappa shape index (κ1) is 25.3. The Morgan fingerprint density at radius 1 is 0.480 bits per heavy atom. The van der Waals surface area contributed by atoms with Crippen molar-refractivity contribution in [1.82, 2.24) is 14.6 Å². The molecule has 3 nitrogen and oxygen atoms in total. The summed E-state index contributed by atoms with van der Waals surface area (Å²) in [4.78, 5) is 7.71. The molecule has 0 amide bonds. The second kappa shape index (κ2) is 15.4. The van der Waals surface area contributed by atoms with E-state index in [2.05, 4.69) is 54.6 Å². The number of unbranched alkanes of at least 4 members (excludes halogenated alkanes) is 10. The topological polar surface area (TPSA) is 36.1 Å². The van der Waals surface area contributed by atoms with Crippen LogP contribution in [0.4, 0.5) is 0 Å². The molecule has 0 bridgehead atoms. The summed E-state index contributed by atoms with van der Waals surface area (Å²) < 4.78 is 4.01. The van der Waals surface area contributed by atoms with E-state index in [0.717, 1.165) is 0 Å². The van der Waals surface area contributed by atoms with Crippen LogP contribution in [0.25, 0.3) is 0 Å². The highest BCUT2D eigenvalue weighted by atomic mass is 28.4. The number of hydrogen-bond donors (Lipinski definition) is 3. The van der Waals surface area contributed by atoms with Crippen molar-refractivity contribution < 1.29 is 0 Å². The molecule has 152 valence electrons. The first-order valence-corrected chi connectivity index (χ1v) is 17.1. The Bertz CT molecular complexity index is 269. The van der Waals surface area contributed by atoms with E-state index in [0.29, 0.717) is 0 Å². The molecule has 0 saturated carbocycles. The molecule has 0 unspecified atom stereocenters. The Hall–Kier alpha value is 0.314. The van der Waals surface area contributed by atoms with Gasteiger partial charge in [-0.3, -0.25) is 0 Å². The summed E-state index contributed by atoms with van der Waals surface area (Å²) in [5, 5.41) is 0. The lowest BCUT2D eigenvalue weighted by Crippen LogP contribution is -2.71. The molecule has 0 aliphatic carbocycles. The maximum absolute atomic E-state index is 4.01. The molecule has 0 radical (unpaired) electrons. The smallest absolute Gasteiger partial charge is 0.189 e. The Kier molecular flexibility index (Phi) is 15.6. The molecule has 0 aromatic heterocycles. The van der Waals surface area contributed by atoms with Gasteiger partial charge in [0.1, 0.15) is 0 Å². The third kappa shape index (κ3) is 17.5. The molecule has 0 aliphatic rings. The minimum Gasteiger partial charge on any atom is -0.336 e. The Morgan fingerprint density at radius 2 is 0.800 bits per heavy atom. The molecular weight excluding hydrogens is 338 g/mol. The van der Waals surface area contributed by atoms with E-state index < -0.39 is 16.8 Å². The summed E-state index contributed by atoms with van der Waals surface area (Å²) in [6.45, 7) is 16.6. The lowest BCUT2D eigenvalue weighted by atomic mass is 10.1. The molecule has 0 spiro atoms. The van der Waals surface area contributed by atoms with E-state index in [1.807, 2.05) is 0 Å². The van der Waals surface area contributed by atoms with Crippen LogP contribution in [-0.4, -0.2) is 29.9 Å². The van der Waals surface area contributed by atoms with Crippen molar-refractivity contribution in [3.63, 3.8) is 0 Å². The quantitative estimate of drug-likeness (QED) is 0.203. The highest BCUT2D eigenvalue weighted by molar-refractivity contribution is 6.88. The fourth-order valence-corrected chi connectivity index (χ4v) is 12.0. The molecule has 0 rings (SSSR count). The summed E-state index contributed by atoms with van der Waals surface area (Å²) >= 11 is 0. The molecule has 0 fully saturated rings. The summed E-state index contributed by atoms with van der Waals surface area (Å²) in [6, 6.07) is 0. The average molecular weight is 388 g/mol. The van der Waals surface area contributed by atoms with Gasteiger partial charge in [-0.15, -0.1) is 0 Å². The van der Waals surface area contributed by atoms with Crippen molar-refractivity contribution in [3.8, 4) is 0 Å². The molecule has 0 aromatic carbocycles. The SMILES string of the molecule is CCCCCCCCN[Si](C)(C)N[Si](C)(C)NCCCCCCCC. The first-order chi connectivity index (χ1) is 11.8. The van der Waals surface area contributed by atoms with Crippen LogP contribution >= 0.6 is 0 Å². The maximum Gasteiger partial charge on any atom is 0.189 e. The average Bonchev–Trinajstić information content (AvgIpc) is 2.52. The number of nitrogens with one attached hydrogen (secondary N) is 3. The first-order valence-electron chi connectivity index (χ1n) is 11.1. The van der Waals surface area contributed by atoms with Gasteiger partial charge >= 0.3 is 0 Å². The van der Waals surface area contributed by atoms with Crippen molar-refractivity contribution in [2.75, 3.05) is 13.1 Å². The van der Waals surface area contributed by atoms with E-state index >= 15 is 0 Å². The van der Waals surface area contributed by atoms with Gasteiger partial charge in [0.2, 0.25) is 0 Å². The zero-order valence-corrected chi connectivity index (χ0v) is 20.4. The number of rotatable bonds is 18. The lowest BCUT2D eigenvalue weighted by molar-refractivity contribution is 0.599. The molecule has 0 saturated heterocycles. The Morgan fingerprint density at radius 3 is 1.16 bits per heavy atom. The van der Waals surface area contributed by atoms with E-state index in [9.17, 15) is 0 Å². The summed E-state index contributed by atoms with van der Waals surface area (Å²) in [7, 11) is -3.00. The van der Waals surface area contributed by atoms with Crippen LogP contribution < -0.4 is 14.6 Å². The largest absolute Gasteiger partial charge is 0.336 e. The van der Waals surface area contributed by atoms with Crippen LogP contribution in [0.2, 0.25) is 26.2 Å². The highest BCUT2D eigenvalue weighted by Crippen LogP contribution is 2.07. The van der Waals surface area contributed by atoms with Gasteiger partial charge in [-0.25, -0.2) is 0 Å². The molecule has 0 aliphatic heterocycles. The lowest BCUT2D eigenvalue weighted by Gasteiger charge is -2.35. The van der Waals surface area contributed by atoms with Gasteiger partial charge in [0.05, 0.1) is 0 Å². The van der Waals surface area contributed by atoms with Crippen molar-refractivity contribution >= 4 is 16.8 Å². The van der Waals surface area contributed by atoms with Gasteiger partial charge in [0.25, 0.3) is 0 Å². The van der Waals surface area contributed by atoms with Gasteiger partial charge < -0.3 is 14.6 Å². The van der Waals surface area contributed by atoms with Crippen LogP contribution in [-0.2, 0) is 0 Å². The zero-order chi connectivity index (χ0) is 19.0. The van der Waals surface area contributed by atoms with E-state index in [1.165, 1.54) is 90.1 Å². The molecule has 0 heterocycles. The maximum atomic E-state index is 4.01. The van der Waals surface area contributed by atoms with Crippen molar-refractivity contribution in [2.24, 2.45) is 0 Å². The second-order valence-electron chi connectivity index (χ2n) is 8.76. The van der Waals surface area contributed by atoms with Crippen LogP contribution in [0.15, 0.2) is 0 Å². The number of hydrogen-bond acceptors (Lipinski definition) is 3. The predicted molar refractivity (Wildman–Crippen MR) is 121 cm³/mol. The molecule has 5 heteroatoms. The normalized spacial score (nSPS) is 12.7. The van der Waals surface area contributed by atoms with Crippen LogP contribution in [0.3, 0.4) is 0 Å². The second-order valence-corrected chi connectivity index (χ2v) is 17.0. The van der Waals surface area contributed by atoms with Crippen molar-refractivity contribution in [3.05, 3.63) is 0 Å². The summed E-state index contributed by atoms with van der Waals surface area (Å²) in [5.74, 6) is 0. The summed E-state index contributed by atoms with van der Waals surface area (Å²) in [6.07, 6.45) is 16.6. The molecule has 0 atom stereocenters. The van der Waals surface area contributed by atoms with Crippen LogP contribution in [0.1, 0.15) is 90.9 Å². The van der Waals surface area contributed by atoms with Crippen LogP contribution in [0, 0.1) is 0 Å². The van der Waals surface area contributed by atoms with Crippen molar-refractivity contribution in [2.45, 2.75) is 117 Å². The van der Waals surface area contributed by atoms with Gasteiger partial charge in [0.15, 0.2) is 16.8 Å². The molecule has 25 heavy (non-hydrogen) atoms. The zero-order valence-electron chi connectivity index (χ0n) is 18.4. The molecule has 0 aromatic rings. The minimum atomic E-state index is -1.50. The fraction of sp³-hybridized carbons (Fsp3) is 1.00. The van der Waals surface area contributed by atoms with E-state index in [-0.39, 0.29) is 0 Å². The highest BCUT2D eigenvalue weighted by Gasteiger charge is 2.30. The van der Waals surface area contributed by atoms with Gasteiger partial charge in [0, 0.05) is 0 Å². The van der Waals surface area contributed by atoms with E-state index in [4.69, 9.17) is 0 Å². The molecule has 3 N–H and O–H groups in total. The van der Waals surface area contributed by atoms with E-state index in [1.54, 1.807) is 0 Å². The summed E-state index contributed by atoms with van der Waals surface area (Å²) in [5.41, 5.74) is 0. The van der Waals surface area contributed by atoms with Gasteiger partial charge in [-0.1, -0.05) is 78.1 Å². The fourth-order valence-electron chi connectivity index (χ4n) is 3.48. The standard InChI is InChI=1S/C20H49N3Si2/c1-7-9-11-13-15-17-19-21-24(3,4)23-25(5,6)22-20-18-16-14-12-10-8-2/h21-23H,7-20H2,1-6H3. The molecular formula is C20H49N3Si2. The van der Waals surface area contributed by atoms with Crippen molar-refractivity contribution in [1.29, 1.82) is 0 Å². The van der Waals surface area contributed by atoms with Gasteiger partial charge in [-0.2, -0.15) is 0 Å². The minimum absolute atomic E-state index is 1.18. The monoisotopic (exact) mass is 387 g/mol. The predicted octanol–water partition coefficient (Wildman–Crippen LogP) is 5.88. The Balaban J connectivity index is 3.77. The third-order valence-electron chi connectivity index (χ3n) is 4.82. The Labute approximate surface area is 161 Å². The van der Waals surface area contributed by atoms with Crippen LogP contribution in [0.5, 0.6) is 0 Å².